The van der Waals surface area contributed by atoms with Crippen LogP contribution in [0.25, 0.3) is 0 Å². The highest BCUT2D eigenvalue weighted by molar-refractivity contribution is 5.66. The fraction of sp³-hybridized carbons (Fsp3) is 0.500. The number of hydrogen-bond donors (Lipinski definition) is 2. The second kappa shape index (κ2) is 7.98. The lowest BCUT2D eigenvalue weighted by molar-refractivity contribution is -0.137. The maximum absolute atomic E-state index is 10.6. The molecule has 0 amide bonds. The molecule has 1 heterocycles. The van der Waals surface area contributed by atoms with Crippen LogP contribution in [0.15, 0.2) is 36.1 Å². The Morgan fingerprint density at radius 3 is 2.81 bits per heavy atom. The molecule has 2 N–H and O–H groups in total. The SMILES string of the molecule is C=C1Oc2cc(CCCCCCC(=O)O)cc(O)c2C2C=C(C)CC[C@@H]12. The van der Waals surface area contributed by atoms with E-state index in [2.05, 4.69) is 19.6 Å². The van der Waals surface area contributed by atoms with Crippen LogP contribution < -0.4 is 4.74 Å². The average Bonchev–Trinajstić information content (AvgIpc) is 2.57. The first-order valence-electron chi connectivity index (χ1n) is 9.57. The Morgan fingerprint density at radius 1 is 1.27 bits per heavy atom. The number of benzene rings is 1. The van der Waals surface area contributed by atoms with E-state index in [0.29, 0.717) is 5.75 Å². The highest BCUT2D eigenvalue weighted by atomic mass is 16.5. The van der Waals surface area contributed by atoms with Gasteiger partial charge in [0.15, 0.2) is 0 Å². The first kappa shape index (κ1) is 18.6. The third-order valence-electron chi connectivity index (χ3n) is 5.52. The molecule has 1 aromatic rings. The summed E-state index contributed by atoms with van der Waals surface area (Å²) in [6.45, 7) is 6.25. The van der Waals surface area contributed by atoms with E-state index < -0.39 is 5.97 Å². The molecule has 3 rings (SSSR count). The maximum atomic E-state index is 10.6. The Labute approximate surface area is 155 Å². The van der Waals surface area contributed by atoms with Crippen molar-refractivity contribution < 1.29 is 19.7 Å². The molecule has 1 unspecified atom stereocenters. The Bertz CT molecular complexity index is 732. The normalized spacial score (nSPS) is 21.4. The molecule has 0 saturated carbocycles. The number of carboxylic acid groups (broad SMARTS) is 1. The number of unbranched alkanes of at least 4 members (excludes halogenated alkanes) is 3. The molecular formula is C22H28O4. The van der Waals surface area contributed by atoms with Crippen molar-refractivity contribution in [1.29, 1.82) is 0 Å². The van der Waals surface area contributed by atoms with E-state index in [9.17, 15) is 9.90 Å². The smallest absolute Gasteiger partial charge is 0.303 e. The molecule has 0 bridgehead atoms. The Morgan fingerprint density at radius 2 is 2.04 bits per heavy atom. The number of carbonyl (C=O) groups is 1. The van der Waals surface area contributed by atoms with Gasteiger partial charge in [-0.3, -0.25) is 4.79 Å². The molecule has 0 saturated heterocycles. The quantitative estimate of drug-likeness (QED) is 0.513. The number of aryl methyl sites for hydroxylation is 1. The van der Waals surface area contributed by atoms with Crippen molar-refractivity contribution in [2.24, 2.45) is 5.92 Å². The number of phenols is 1. The zero-order valence-electron chi connectivity index (χ0n) is 15.5. The summed E-state index contributed by atoms with van der Waals surface area (Å²) < 4.78 is 5.98. The summed E-state index contributed by atoms with van der Waals surface area (Å²) in [7, 11) is 0. The molecule has 0 aromatic heterocycles. The van der Waals surface area contributed by atoms with Gasteiger partial charge in [0.1, 0.15) is 17.3 Å². The van der Waals surface area contributed by atoms with Crippen molar-refractivity contribution in [1.82, 2.24) is 0 Å². The summed E-state index contributed by atoms with van der Waals surface area (Å²) in [4.78, 5) is 10.5. The Hall–Kier alpha value is -2.23. The second-order valence-corrected chi connectivity index (χ2v) is 7.59. The first-order valence-corrected chi connectivity index (χ1v) is 9.57. The van der Waals surface area contributed by atoms with Crippen molar-refractivity contribution in [3.63, 3.8) is 0 Å². The standard InChI is InChI=1S/C22H28O4/c1-14-9-10-17-15(2)26-20-13-16(7-5-3-4-6-8-21(24)25)12-19(23)22(20)18(17)11-14/h11-13,17-18,23H,2-10H2,1H3,(H,24,25)/t17-,18?/m0/s1. The molecule has 4 nitrogen and oxygen atoms in total. The monoisotopic (exact) mass is 356 g/mol. The summed E-state index contributed by atoms with van der Waals surface area (Å²) in [5.41, 5.74) is 3.31. The van der Waals surface area contributed by atoms with Crippen LogP contribution in [0.4, 0.5) is 0 Å². The van der Waals surface area contributed by atoms with Gasteiger partial charge in [0, 0.05) is 23.8 Å². The van der Waals surface area contributed by atoms with Crippen LogP contribution in [0, 0.1) is 5.92 Å². The van der Waals surface area contributed by atoms with Crippen LogP contribution in [0.5, 0.6) is 11.5 Å². The van der Waals surface area contributed by atoms with Crippen LogP contribution in [0.2, 0.25) is 0 Å². The minimum atomic E-state index is -0.729. The van der Waals surface area contributed by atoms with Gasteiger partial charge in [0.25, 0.3) is 0 Å². The number of rotatable bonds is 7. The van der Waals surface area contributed by atoms with Gasteiger partial charge in [-0.1, -0.05) is 31.1 Å². The Balaban J connectivity index is 1.68. The second-order valence-electron chi connectivity index (χ2n) is 7.59. The zero-order chi connectivity index (χ0) is 18.7. The van der Waals surface area contributed by atoms with Gasteiger partial charge < -0.3 is 14.9 Å². The lowest BCUT2D eigenvalue weighted by atomic mass is 9.74. The molecule has 2 atom stereocenters. The number of allylic oxidation sites excluding steroid dienone is 3. The molecule has 0 spiro atoms. The third kappa shape index (κ3) is 4.12. The number of carboxylic acids is 1. The van der Waals surface area contributed by atoms with E-state index in [4.69, 9.17) is 9.84 Å². The highest BCUT2D eigenvalue weighted by Gasteiger charge is 2.36. The zero-order valence-corrected chi connectivity index (χ0v) is 15.5. The molecular weight excluding hydrogens is 328 g/mol. The predicted molar refractivity (Wildman–Crippen MR) is 102 cm³/mol. The van der Waals surface area contributed by atoms with Crippen LogP contribution in [0.1, 0.15) is 68.9 Å². The van der Waals surface area contributed by atoms with E-state index in [-0.39, 0.29) is 18.3 Å². The fourth-order valence-corrected chi connectivity index (χ4v) is 4.12. The summed E-state index contributed by atoms with van der Waals surface area (Å²) in [5, 5.41) is 19.3. The number of fused-ring (bicyclic) bond motifs is 3. The number of aliphatic carboxylic acids is 1. The number of ether oxygens (including phenoxy) is 1. The topological polar surface area (TPSA) is 66.8 Å². The fourth-order valence-electron chi connectivity index (χ4n) is 4.12. The van der Waals surface area contributed by atoms with Gasteiger partial charge in [-0.25, -0.2) is 0 Å². The van der Waals surface area contributed by atoms with Gasteiger partial charge >= 0.3 is 5.97 Å². The van der Waals surface area contributed by atoms with Crippen LogP contribution in [0.3, 0.4) is 0 Å². The van der Waals surface area contributed by atoms with Gasteiger partial charge in [-0.15, -0.1) is 0 Å². The van der Waals surface area contributed by atoms with Crippen molar-refractivity contribution in [3.8, 4) is 11.5 Å². The summed E-state index contributed by atoms with van der Waals surface area (Å²) in [5.74, 6) is 1.53. The molecule has 26 heavy (non-hydrogen) atoms. The first-order chi connectivity index (χ1) is 12.5. The average molecular weight is 356 g/mol. The van der Waals surface area contributed by atoms with E-state index in [1.807, 2.05) is 12.1 Å². The van der Waals surface area contributed by atoms with Crippen LogP contribution >= 0.6 is 0 Å². The minimum Gasteiger partial charge on any atom is -0.507 e. The van der Waals surface area contributed by atoms with Crippen LogP contribution in [-0.2, 0) is 11.2 Å². The molecule has 4 heteroatoms. The lowest BCUT2D eigenvalue weighted by Gasteiger charge is -2.37. The van der Waals surface area contributed by atoms with Gasteiger partial charge in [0.05, 0.1) is 0 Å². The van der Waals surface area contributed by atoms with Crippen molar-refractivity contribution >= 4 is 5.97 Å². The molecule has 1 aromatic carbocycles. The summed E-state index contributed by atoms with van der Waals surface area (Å²) in [6, 6.07) is 3.90. The maximum Gasteiger partial charge on any atom is 0.303 e. The highest BCUT2D eigenvalue weighted by Crippen LogP contribution is 2.51. The number of phenolic OH excluding ortho intramolecular Hbond substituents is 1. The number of aromatic hydroxyl groups is 1. The largest absolute Gasteiger partial charge is 0.507 e. The summed E-state index contributed by atoms with van der Waals surface area (Å²) in [6.07, 6.45) is 9.03. The molecule has 1 aliphatic carbocycles. The van der Waals surface area contributed by atoms with E-state index in [1.165, 1.54) is 5.57 Å². The Kier molecular flexibility index (Phi) is 5.70. The lowest BCUT2D eigenvalue weighted by Crippen LogP contribution is -2.25. The molecule has 0 fully saturated rings. The minimum absolute atomic E-state index is 0.157. The summed E-state index contributed by atoms with van der Waals surface area (Å²) >= 11 is 0. The third-order valence-corrected chi connectivity index (χ3v) is 5.52. The van der Waals surface area contributed by atoms with Crippen molar-refractivity contribution in [2.75, 3.05) is 0 Å². The molecule has 2 aliphatic rings. The van der Waals surface area contributed by atoms with E-state index in [0.717, 1.165) is 67.6 Å². The van der Waals surface area contributed by atoms with Gasteiger partial charge in [-0.05, 0) is 56.7 Å². The van der Waals surface area contributed by atoms with Crippen molar-refractivity contribution in [3.05, 3.63) is 47.2 Å². The molecule has 0 radical (unpaired) electrons. The molecule has 1 aliphatic heterocycles. The predicted octanol–water partition coefficient (Wildman–Crippen LogP) is 5.32. The van der Waals surface area contributed by atoms with Gasteiger partial charge in [-0.2, -0.15) is 0 Å². The van der Waals surface area contributed by atoms with Gasteiger partial charge in [0.2, 0.25) is 0 Å². The van der Waals surface area contributed by atoms with Crippen LogP contribution in [-0.4, -0.2) is 16.2 Å². The van der Waals surface area contributed by atoms with Crippen molar-refractivity contribution in [2.45, 2.75) is 64.2 Å². The van der Waals surface area contributed by atoms with E-state index >= 15 is 0 Å². The number of hydrogen-bond acceptors (Lipinski definition) is 3. The molecule has 140 valence electrons. The van der Waals surface area contributed by atoms with E-state index in [1.54, 1.807) is 0 Å².